The molecule has 0 aromatic carbocycles. The van der Waals surface area contributed by atoms with Gasteiger partial charge < -0.3 is 20.0 Å². The molecular weight excluding hydrogens is 272 g/mol. The minimum atomic E-state index is -0.767. The maximum atomic E-state index is 12.8. The van der Waals surface area contributed by atoms with Crippen LogP contribution in [0.15, 0.2) is 0 Å². The SMILES string of the molecule is CC1CC(C(=O)O)CCN1C(=O)N(CCO)C1CCCC1. The molecule has 2 atom stereocenters. The van der Waals surface area contributed by atoms with Crippen LogP contribution in [0, 0.1) is 5.92 Å². The number of aliphatic hydroxyl groups excluding tert-OH is 1. The summed E-state index contributed by atoms with van der Waals surface area (Å²) in [5, 5.41) is 18.3. The van der Waals surface area contributed by atoms with Crippen LogP contribution in [0.5, 0.6) is 0 Å². The van der Waals surface area contributed by atoms with Crippen molar-refractivity contribution < 1.29 is 19.8 Å². The molecule has 1 saturated carbocycles. The van der Waals surface area contributed by atoms with E-state index in [2.05, 4.69) is 0 Å². The lowest BCUT2D eigenvalue weighted by molar-refractivity contribution is -0.143. The summed E-state index contributed by atoms with van der Waals surface area (Å²) >= 11 is 0. The van der Waals surface area contributed by atoms with Crippen molar-refractivity contribution in [2.75, 3.05) is 19.7 Å². The smallest absolute Gasteiger partial charge is 0.320 e. The third-order valence-corrected chi connectivity index (χ3v) is 4.82. The zero-order valence-corrected chi connectivity index (χ0v) is 12.7. The second kappa shape index (κ2) is 7.11. The Morgan fingerprint density at radius 3 is 2.43 bits per heavy atom. The number of carbonyl (C=O) groups is 2. The Hall–Kier alpha value is -1.30. The van der Waals surface area contributed by atoms with Crippen LogP contribution in [0.2, 0.25) is 0 Å². The van der Waals surface area contributed by atoms with Crippen LogP contribution in [0.1, 0.15) is 45.4 Å². The fourth-order valence-electron chi connectivity index (χ4n) is 3.60. The van der Waals surface area contributed by atoms with Gasteiger partial charge in [-0.3, -0.25) is 4.79 Å². The standard InChI is InChI=1S/C15H26N2O4/c1-11-10-12(14(19)20)6-7-16(11)15(21)17(8-9-18)13-4-2-3-5-13/h11-13,18H,2-10H2,1H3,(H,19,20). The summed E-state index contributed by atoms with van der Waals surface area (Å²) in [6.45, 7) is 2.75. The highest BCUT2D eigenvalue weighted by Gasteiger charge is 2.36. The minimum absolute atomic E-state index is 0.0256. The molecule has 2 amide bonds. The zero-order valence-electron chi connectivity index (χ0n) is 12.7. The maximum absolute atomic E-state index is 12.8. The van der Waals surface area contributed by atoms with Crippen molar-refractivity contribution in [2.45, 2.75) is 57.5 Å². The van der Waals surface area contributed by atoms with E-state index < -0.39 is 5.97 Å². The quantitative estimate of drug-likeness (QED) is 0.824. The Labute approximate surface area is 125 Å². The number of urea groups is 1. The van der Waals surface area contributed by atoms with Crippen LogP contribution < -0.4 is 0 Å². The van der Waals surface area contributed by atoms with Crippen molar-refractivity contribution in [1.82, 2.24) is 9.80 Å². The summed E-state index contributed by atoms with van der Waals surface area (Å²) in [5.74, 6) is -1.11. The molecule has 2 rings (SSSR count). The van der Waals surface area contributed by atoms with Gasteiger partial charge in [0.2, 0.25) is 0 Å². The van der Waals surface area contributed by atoms with Crippen molar-refractivity contribution in [1.29, 1.82) is 0 Å². The minimum Gasteiger partial charge on any atom is -0.481 e. The largest absolute Gasteiger partial charge is 0.481 e. The van der Waals surface area contributed by atoms with Gasteiger partial charge in [-0.25, -0.2) is 4.79 Å². The fraction of sp³-hybridized carbons (Fsp3) is 0.867. The van der Waals surface area contributed by atoms with Gasteiger partial charge in [0.1, 0.15) is 0 Å². The molecule has 6 heteroatoms. The number of carbonyl (C=O) groups excluding carboxylic acids is 1. The van der Waals surface area contributed by atoms with E-state index in [9.17, 15) is 14.7 Å². The molecule has 2 fully saturated rings. The molecule has 1 saturated heterocycles. The molecule has 0 aromatic rings. The van der Waals surface area contributed by atoms with E-state index in [4.69, 9.17) is 5.11 Å². The van der Waals surface area contributed by atoms with Gasteiger partial charge in [-0.2, -0.15) is 0 Å². The Morgan fingerprint density at radius 2 is 1.90 bits per heavy atom. The first kappa shape index (κ1) is 16.1. The number of rotatable bonds is 4. The number of hydrogen-bond acceptors (Lipinski definition) is 3. The van der Waals surface area contributed by atoms with Crippen LogP contribution in [0.25, 0.3) is 0 Å². The Kier molecular flexibility index (Phi) is 5.45. The number of aliphatic carboxylic acids is 1. The highest BCUT2D eigenvalue weighted by Crippen LogP contribution is 2.28. The summed E-state index contributed by atoms with van der Waals surface area (Å²) in [4.78, 5) is 27.4. The number of piperidine rings is 1. The van der Waals surface area contributed by atoms with Crippen LogP contribution in [-0.2, 0) is 4.79 Å². The summed E-state index contributed by atoms with van der Waals surface area (Å²) < 4.78 is 0. The van der Waals surface area contributed by atoms with Gasteiger partial charge in [0.25, 0.3) is 0 Å². The first-order valence-electron chi connectivity index (χ1n) is 7.95. The van der Waals surface area contributed by atoms with Crippen LogP contribution in [-0.4, -0.2) is 63.8 Å². The molecule has 1 aliphatic heterocycles. The van der Waals surface area contributed by atoms with E-state index in [0.29, 0.717) is 25.9 Å². The van der Waals surface area contributed by atoms with E-state index in [0.717, 1.165) is 25.7 Å². The molecular formula is C15H26N2O4. The molecule has 0 bridgehead atoms. The lowest BCUT2D eigenvalue weighted by Crippen LogP contribution is -2.54. The first-order valence-corrected chi connectivity index (χ1v) is 7.95. The molecule has 6 nitrogen and oxygen atoms in total. The maximum Gasteiger partial charge on any atom is 0.320 e. The Morgan fingerprint density at radius 1 is 1.24 bits per heavy atom. The zero-order chi connectivity index (χ0) is 15.4. The van der Waals surface area contributed by atoms with Crippen molar-refractivity contribution in [3.05, 3.63) is 0 Å². The van der Waals surface area contributed by atoms with E-state index in [1.165, 1.54) is 0 Å². The summed E-state index contributed by atoms with van der Waals surface area (Å²) in [6, 6.07) is 0.135. The van der Waals surface area contributed by atoms with Gasteiger partial charge in [0.15, 0.2) is 0 Å². The van der Waals surface area contributed by atoms with E-state index in [1.807, 2.05) is 6.92 Å². The first-order chi connectivity index (χ1) is 10.0. The summed E-state index contributed by atoms with van der Waals surface area (Å²) in [5.41, 5.74) is 0. The molecule has 21 heavy (non-hydrogen) atoms. The number of likely N-dealkylation sites (tertiary alicyclic amines) is 1. The van der Waals surface area contributed by atoms with Gasteiger partial charge in [-0.1, -0.05) is 12.8 Å². The van der Waals surface area contributed by atoms with Crippen molar-refractivity contribution >= 4 is 12.0 Å². The second-order valence-corrected chi connectivity index (χ2v) is 6.24. The monoisotopic (exact) mass is 298 g/mol. The predicted molar refractivity (Wildman–Crippen MR) is 78.0 cm³/mol. The second-order valence-electron chi connectivity index (χ2n) is 6.24. The number of aliphatic hydroxyl groups is 1. The average Bonchev–Trinajstić information content (AvgIpc) is 2.97. The highest BCUT2D eigenvalue weighted by atomic mass is 16.4. The van der Waals surface area contributed by atoms with Gasteiger partial charge >= 0.3 is 12.0 Å². The molecule has 0 spiro atoms. The molecule has 120 valence electrons. The van der Waals surface area contributed by atoms with E-state index >= 15 is 0 Å². The molecule has 1 heterocycles. The van der Waals surface area contributed by atoms with Gasteiger partial charge in [0, 0.05) is 25.2 Å². The molecule has 2 N–H and O–H groups in total. The lowest BCUT2D eigenvalue weighted by atomic mass is 9.92. The molecule has 2 unspecified atom stereocenters. The van der Waals surface area contributed by atoms with Crippen molar-refractivity contribution in [3.8, 4) is 0 Å². The van der Waals surface area contributed by atoms with Crippen molar-refractivity contribution in [2.24, 2.45) is 5.92 Å². The molecule has 0 aromatic heterocycles. The summed E-state index contributed by atoms with van der Waals surface area (Å²) in [6.07, 6.45) is 5.31. The predicted octanol–water partition coefficient (Wildman–Crippen LogP) is 1.53. The number of nitrogens with zero attached hydrogens (tertiary/aromatic N) is 2. The van der Waals surface area contributed by atoms with Gasteiger partial charge in [0.05, 0.1) is 12.5 Å². The fourth-order valence-corrected chi connectivity index (χ4v) is 3.60. The van der Waals surface area contributed by atoms with Crippen LogP contribution in [0.3, 0.4) is 0 Å². The third kappa shape index (κ3) is 3.67. The van der Waals surface area contributed by atoms with Crippen molar-refractivity contribution in [3.63, 3.8) is 0 Å². The highest BCUT2D eigenvalue weighted by molar-refractivity contribution is 5.76. The normalized spacial score (nSPS) is 26.9. The number of carboxylic acid groups (broad SMARTS) is 1. The number of carboxylic acids is 1. The lowest BCUT2D eigenvalue weighted by Gasteiger charge is -2.41. The molecule has 1 aliphatic carbocycles. The molecule has 0 radical (unpaired) electrons. The van der Waals surface area contributed by atoms with Gasteiger partial charge in [-0.05, 0) is 32.6 Å². The third-order valence-electron chi connectivity index (χ3n) is 4.82. The van der Waals surface area contributed by atoms with Gasteiger partial charge in [-0.15, -0.1) is 0 Å². The molecule has 2 aliphatic rings. The topological polar surface area (TPSA) is 81.1 Å². The number of hydrogen-bond donors (Lipinski definition) is 2. The van der Waals surface area contributed by atoms with Crippen LogP contribution >= 0.6 is 0 Å². The van der Waals surface area contributed by atoms with E-state index in [1.54, 1.807) is 9.80 Å². The van der Waals surface area contributed by atoms with Crippen LogP contribution in [0.4, 0.5) is 4.79 Å². The van der Waals surface area contributed by atoms with E-state index in [-0.39, 0.29) is 30.6 Å². The summed E-state index contributed by atoms with van der Waals surface area (Å²) in [7, 11) is 0. The number of amides is 2. The Balaban J connectivity index is 2.01. The Bertz CT molecular complexity index is 382. The average molecular weight is 298 g/mol.